The van der Waals surface area contributed by atoms with Crippen molar-refractivity contribution in [3.05, 3.63) is 30.3 Å². The van der Waals surface area contributed by atoms with Gasteiger partial charge < -0.3 is 15.2 Å². The molecule has 0 unspecified atom stereocenters. The predicted octanol–water partition coefficient (Wildman–Crippen LogP) is 2.07. The number of carbonyl (C=O) groups excluding carboxylic acids is 1. The molecule has 21 heavy (non-hydrogen) atoms. The van der Waals surface area contributed by atoms with Gasteiger partial charge in [0.2, 0.25) is 5.91 Å². The maximum atomic E-state index is 12.0. The van der Waals surface area contributed by atoms with Gasteiger partial charge in [-0.05, 0) is 31.4 Å². The maximum absolute atomic E-state index is 12.0. The molecule has 0 spiro atoms. The van der Waals surface area contributed by atoms with E-state index in [1.54, 1.807) is 0 Å². The molecule has 114 valence electrons. The molecule has 0 bridgehead atoms. The summed E-state index contributed by atoms with van der Waals surface area (Å²) < 4.78 is 5.53. The van der Waals surface area contributed by atoms with E-state index in [4.69, 9.17) is 9.84 Å². The van der Waals surface area contributed by atoms with Gasteiger partial charge in [0.05, 0.1) is 18.4 Å². The molecule has 0 heterocycles. The zero-order valence-corrected chi connectivity index (χ0v) is 12.0. The highest BCUT2D eigenvalue weighted by molar-refractivity contribution is 5.85. The van der Waals surface area contributed by atoms with E-state index in [0.29, 0.717) is 32.4 Å². The Morgan fingerprint density at radius 3 is 2.62 bits per heavy atom. The molecule has 1 fully saturated rings. The Balaban J connectivity index is 1.64. The van der Waals surface area contributed by atoms with Crippen LogP contribution in [0.15, 0.2) is 30.3 Å². The van der Waals surface area contributed by atoms with E-state index in [-0.39, 0.29) is 11.8 Å². The molecule has 0 aliphatic heterocycles. The van der Waals surface area contributed by atoms with Gasteiger partial charge in [-0.3, -0.25) is 9.59 Å². The number of ether oxygens (including phenoxy) is 1. The van der Waals surface area contributed by atoms with Crippen LogP contribution in [0.3, 0.4) is 0 Å². The standard InChI is InChI=1S/C16H21NO4/c18-15(13-8-4-9-14(13)16(19)20)17-10-5-11-21-12-6-2-1-3-7-12/h1-3,6-7,13-14H,4-5,8-11H2,(H,17,18)(H,19,20)/t13-,14+/m1/s1. The van der Waals surface area contributed by atoms with Crippen LogP contribution in [0.5, 0.6) is 5.75 Å². The average molecular weight is 291 g/mol. The number of benzene rings is 1. The molecule has 5 nitrogen and oxygen atoms in total. The number of amides is 1. The molecule has 2 rings (SSSR count). The quantitative estimate of drug-likeness (QED) is 0.754. The van der Waals surface area contributed by atoms with Gasteiger partial charge in [-0.2, -0.15) is 0 Å². The van der Waals surface area contributed by atoms with Crippen molar-refractivity contribution in [2.24, 2.45) is 11.8 Å². The van der Waals surface area contributed by atoms with Crippen molar-refractivity contribution < 1.29 is 19.4 Å². The Morgan fingerprint density at radius 2 is 1.90 bits per heavy atom. The van der Waals surface area contributed by atoms with Crippen molar-refractivity contribution in [2.45, 2.75) is 25.7 Å². The number of aliphatic carboxylic acids is 1. The number of para-hydroxylation sites is 1. The molecule has 1 amide bonds. The van der Waals surface area contributed by atoms with Gasteiger partial charge in [-0.15, -0.1) is 0 Å². The molecule has 1 aromatic carbocycles. The summed E-state index contributed by atoms with van der Waals surface area (Å²) in [6.45, 7) is 1.03. The first-order valence-corrected chi connectivity index (χ1v) is 7.37. The third-order valence-electron chi connectivity index (χ3n) is 3.80. The van der Waals surface area contributed by atoms with E-state index in [1.165, 1.54) is 0 Å². The molecule has 2 N–H and O–H groups in total. The lowest BCUT2D eigenvalue weighted by molar-refractivity contribution is -0.146. The Kier molecular flexibility index (Phi) is 5.60. The summed E-state index contributed by atoms with van der Waals surface area (Å²) in [5, 5.41) is 11.9. The van der Waals surface area contributed by atoms with Crippen LogP contribution < -0.4 is 10.1 Å². The highest BCUT2D eigenvalue weighted by Crippen LogP contribution is 2.31. The van der Waals surface area contributed by atoms with Gasteiger partial charge in [0.15, 0.2) is 0 Å². The topological polar surface area (TPSA) is 75.6 Å². The molecule has 0 aromatic heterocycles. The van der Waals surface area contributed by atoms with E-state index in [0.717, 1.165) is 12.2 Å². The molecule has 2 atom stereocenters. The van der Waals surface area contributed by atoms with Crippen molar-refractivity contribution in [2.75, 3.05) is 13.2 Å². The van der Waals surface area contributed by atoms with Crippen molar-refractivity contribution in [1.82, 2.24) is 5.32 Å². The molecule has 5 heteroatoms. The molecule has 1 aliphatic rings. The molecule has 1 saturated carbocycles. The van der Waals surface area contributed by atoms with Crippen molar-refractivity contribution in [3.63, 3.8) is 0 Å². The van der Waals surface area contributed by atoms with Crippen LogP contribution in [0.4, 0.5) is 0 Å². The highest BCUT2D eigenvalue weighted by atomic mass is 16.5. The smallest absolute Gasteiger partial charge is 0.307 e. The second kappa shape index (κ2) is 7.67. The van der Waals surface area contributed by atoms with E-state index in [1.807, 2.05) is 30.3 Å². The Morgan fingerprint density at radius 1 is 1.19 bits per heavy atom. The summed E-state index contributed by atoms with van der Waals surface area (Å²) in [7, 11) is 0. The van der Waals surface area contributed by atoms with E-state index in [9.17, 15) is 9.59 Å². The fraction of sp³-hybridized carbons (Fsp3) is 0.500. The number of hydrogen-bond donors (Lipinski definition) is 2. The van der Waals surface area contributed by atoms with Crippen LogP contribution in [0.2, 0.25) is 0 Å². The lowest BCUT2D eigenvalue weighted by Gasteiger charge is -2.15. The average Bonchev–Trinajstić information content (AvgIpc) is 2.97. The minimum absolute atomic E-state index is 0.139. The van der Waals surface area contributed by atoms with Crippen LogP contribution in [0.1, 0.15) is 25.7 Å². The number of carboxylic acid groups (broad SMARTS) is 1. The lowest BCUT2D eigenvalue weighted by atomic mass is 9.95. The first-order valence-electron chi connectivity index (χ1n) is 7.37. The van der Waals surface area contributed by atoms with E-state index < -0.39 is 11.9 Å². The van der Waals surface area contributed by atoms with Crippen LogP contribution in [-0.4, -0.2) is 30.1 Å². The first-order chi connectivity index (χ1) is 10.2. The van der Waals surface area contributed by atoms with Crippen LogP contribution in [-0.2, 0) is 9.59 Å². The molecular formula is C16H21NO4. The summed E-state index contributed by atoms with van der Waals surface area (Å²) in [6, 6.07) is 9.50. The Labute approximate surface area is 124 Å². The Hall–Kier alpha value is -2.04. The highest BCUT2D eigenvalue weighted by Gasteiger charge is 2.37. The molecule has 0 saturated heterocycles. The van der Waals surface area contributed by atoms with E-state index in [2.05, 4.69) is 5.32 Å². The third kappa shape index (κ3) is 4.48. The fourth-order valence-corrected chi connectivity index (χ4v) is 2.69. The van der Waals surface area contributed by atoms with Gasteiger partial charge in [-0.25, -0.2) is 0 Å². The normalized spacial score (nSPS) is 21.0. The largest absolute Gasteiger partial charge is 0.494 e. The van der Waals surface area contributed by atoms with Crippen molar-refractivity contribution in [1.29, 1.82) is 0 Å². The summed E-state index contributed by atoms with van der Waals surface area (Å²) in [5.41, 5.74) is 0. The zero-order chi connectivity index (χ0) is 15.1. The monoisotopic (exact) mass is 291 g/mol. The minimum Gasteiger partial charge on any atom is -0.494 e. The SMILES string of the molecule is O=C(O)[C@H]1CCC[C@H]1C(=O)NCCCOc1ccccc1. The zero-order valence-electron chi connectivity index (χ0n) is 12.0. The summed E-state index contributed by atoms with van der Waals surface area (Å²) >= 11 is 0. The molecular weight excluding hydrogens is 270 g/mol. The Bertz CT molecular complexity index is 474. The second-order valence-electron chi connectivity index (χ2n) is 5.29. The summed E-state index contributed by atoms with van der Waals surface area (Å²) in [5.74, 6) is -1.09. The van der Waals surface area contributed by atoms with Gasteiger partial charge in [0.1, 0.15) is 5.75 Å². The van der Waals surface area contributed by atoms with E-state index >= 15 is 0 Å². The lowest BCUT2D eigenvalue weighted by Crippen LogP contribution is -2.36. The number of nitrogens with one attached hydrogen (secondary N) is 1. The van der Waals surface area contributed by atoms with Crippen molar-refractivity contribution >= 4 is 11.9 Å². The van der Waals surface area contributed by atoms with Gasteiger partial charge in [0, 0.05) is 6.54 Å². The number of hydrogen-bond acceptors (Lipinski definition) is 3. The predicted molar refractivity (Wildman–Crippen MR) is 78.0 cm³/mol. The maximum Gasteiger partial charge on any atom is 0.307 e. The van der Waals surface area contributed by atoms with Crippen molar-refractivity contribution in [3.8, 4) is 5.75 Å². The minimum atomic E-state index is -0.861. The second-order valence-corrected chi connectivity index (χ2v) is 5.29. The van der Waals surface area contributed by atoms with Crippen LogP contribution in [0.25, 0.3) is 0 Å². The van der Waals surface area contributed by atoms with Crippen LogP contribution in [0, 0.1) is 11.8 Å². The van der Waals surface area contributed by atoms with Gasteiger partial charge in [-0.1, -0.05) is 24.6 Å². The number of rotatable bonds is 7. The number of carbonyl (C=O) groups is 2. The summed E-state index contributed by atoms with van der Waals surface area (Å²) in [6.07, 6.45) is 2.78. The van der Waals surface area contributed by atoms with Gasteiger partial charge in [0.25, 0.3) is 0 Å². The molecule has 1 aliphatic carbocycles. The molecule has 0 radical (unpaired) electrons. The van der Waals surface area contributed by atoms with Crippen LogP contribution >= 0.6 is 0 Å². The summed E-state index contributed by atoms with van der Waals surface area (Å²) in [4.78, 5) is 23.0. The first kappa shape index (κ1) is 15.4. The van der Waals surface area contributed by atoms with Gasteiger partial charge >= 0.3 is 5.97 Å². The molecule has 1 aromatic rings. The third-order valence-corrected chi connectivity index (χ3v) is 3.80. The number of carboxylic acids is 1. The fourth-order valence-electron chi connectivity index (χ4n) is 2.69.